The van der Waals surface area contributed by atoms with E-state index in [4.69, 9.17) is 5.73 Å². The second-order valence-electron chi connectivity index (χ2n) is 7.11. The number of carbonyl (C=O) groups is 1. The molecule has 3 aliphatic carbocycles. The van der Waals surface area contributed by atoms with Crippen molar-refractivity contribution in [1.29, 1.82) is 0 Å². The molecule has 0 spiro atoms. The van der Waals surface area contributed by atoms with Gasteiger partial charge in [-0.2, -0.15) is 0 Å². The average molecular weight is 301 g/mol. The number of hydrogen-bond donors (Lipinski definition) is 2. The van der Waals surface area contributed by atoms with Crippen LogP contribution in [0.5, 0.6) is 0 Å². The fourth-order valence-corrected chi connectivity index (χ4v) is 4.40. The first-order valence-electron chi connectivity index (χ1n) is 8.27. The Kier molecular flexibility index (Phi) is 5.74. The Morgan fingerprint density at radius 3 is 2.20 bits per heavy atom. The van der Waals surface area contributed by atoms with E-state index in [0.717, 1.165) is 31.6 Å². The maximum Gasteiger partial charge on any atom is 0.220 e. The molecule has 2 atom stereocenters. The lowest BCUT2D eigenvalue weighted by Gasteiger charge is -2.45. The van der Waals surface area contributed by atoms with E-state index in [-0.39, 0.29) is 12.4 Å². The predicted molar refractivity (Wildman–Crippen MR) is 83.8 cm³/mol. The molecule has 3 rings (SSSR count). The number of nitrogens with one attached hydrogen (secondary N) is 1. The minimum absolute atomic E-state index is 0. The summed E-state index contributed by atoms with van der Waals surface area (Å²) in [6.45, 7) is 0. The molecule has 116 valence electrons. The van der Waals surface area contributed by atoms with Crippen molar-refractivity contribution in [3.8, 4) is 0 Å². The highest BCUT2D eigenvalue weighted by atomic mass is 35.5. The van der Waals surface area contributed by atoms with Gasteiger partial charge >= 0.3 is 0 Å². The maximum atomic E-state index is 12.1. The molecule has 0 aromatic rings. The summed E-state index contributed by atoms with van der Waals surface area (Å²) in [6, 6.07) is 0.806. The second-order valence-corrected chi connectivity index (χ2v) is 7.11. The quantitative estimate of drug-likeness (QED) is 0.838. The molecule has 2 unspecified atom stereocenters. The molecule has 3 N–H and O–H groups in total. The van der Waals surface area contributed by atoms with Crippen LogP contribution in [0.2, 0.25) is 0 Å². The summed E-state index contributed by atoms with van der Waals surface area (Å²) >= 11 is 0. The maximum absolute atomic E-state index is 12.1. The van der Waals surface area contributed by atoms with Gasteiger partial charge in [-0.15, -0.1) is 12.4 Å². The van der Waals surface area contributed by atoms with Crippen LogP contribution in [-0.2, 0) is 4.79 Å². The van der Waals surface area contributed by atoms with Crippen LogP contribution in [0.1, 0.15) is 64.2 Å². The third-order valence-corrected chi connectivity index (χ3v) is 5.71. The largest absolute Gasteiger partial charge is 0.353 e. The van der Waals surface area contributed by atoms with Gasteiger partial charge in [-0.3, -0.25) is 4.79 Å². The number of nitrogens with two attached hydrogens (primary N) is 1. The molecule has 0 aromatic carbocycles. The second kappa shape index (κ2) is 7.13. The van der Waals surface area contributed by atoms with Crippen LogP contribution in [0.3, 0.4) is 0 Å². The van der Waals surface area contributed by atoms with Crippen LogP contribution in [0.15, 0.2) is 0 Å². The highest BCUT2D eigenvalue weighted by Gasteiger charge is 2.39. The molecular weight excluding hydrogens is 272 g/mol. The Hall–Kier alpha value is -0.280. The number of rotatable bonds is 4. The fourth-order valence-electron chi connectivity index (χ4n) is 4.40. The highest BCUT2D eigenvalue weighted by molar-refractivity contribution is 5.85. The van der Waals surface area contributed by atoms with Crippen molar-refractivity contribution >= 4 is 18.3 Å². The molecule has 0 heterocycles. The monoisotopic (exact) mass is 300 g/mol. The molecule has 0 saturated heterocycles. The molecular formula is C16H29ClN2O. The summed E-state index contributed by atoms with van der Waals surface area (Å²) in [6.07, 6.45) is 12.0. The van der Waals surface area contributed by atoms with E-state index in [1.54, 1.807) is 0 Å². The van der Waals surface area contributed by atoms with Crippen molar-refractivity contribution in [2.45, 2.75) is 76.3 Å². The van der Waals surface area contributed by atoms with Gasteiger partial charge in [-0.05, 0) is 49.9 Å². The van der Waals surface area contributed by atoms with Crippen LogP contribution in [0, 0.1) is 17.8 Å². The van der Waals surface area contributed by atoms with Crippen molar-refractivity contribution in [2.24, 2.45) is 23.5 Å². The summed E-state index contributed by atoms with van der Waals surface area (Å²) < 4.78 is 0. The Morgan fingerprint density at radius 1 is 1.05 bits per heavy atom. The first kappa shape index (κ1) is 16.1. The zero-order valence-corrected chi connectivity index (χ0v) is 13.2. The topological polar surface area (TPSA) is 55.1 Å². The van der Waals surface area contributed by atoms with Crippen LogP contribution in [-0.4, -0.2) is 18.0 Å². The van der Waals surface area contributed by atoms with Crippen molar-refractivity contribution in [3.05, 3.63) is 0 Å². The first-order valence-corrected chi connectivity index (χ1v) is 8.27. The summed E-state index contributed by atoms with van der Waals surface area (Å²) in [5, 5.41) is 3.35. The van der Waals surface area contributed by atoms with Crippen LogP contribution in [0.25, 0.3) is 0 Å². The van der Waals surface area contributed by atoms with E-state index in [1.165, 1.54) is 38.5 Å². The molecule has 1 amide bonds. The summed E-state index contributed by atoms with van der Waals surface area (Å²) in [5.74, 6) is 2.43. The Balaban J connectivity index is 0.00000147. The van der Waals surface area contributed by atoms with Gasteiger partial charge in [0.05, 0.1) is 0 Å². The van der Waals surface area contributed by atoms with Crippen molar-refractivity contribution in [1.82, 2.24) is 5.32 Å². The minimum atomic E-state index is 0. The first-order chi connectivity index (χ1) is 9.22. The van der Waals surface area contributed by atoms with Gasteiger partial charge in [0.1, 0.15) is 0 Å². The van der Waals surface area contributed by atoms with Crippen LogP contribution < -0.4 is 11.1 Å². The molecule has 3 aliphatic rings. The standard InChI is InChI=1S/C16H28N2O.ClH/c17-14-9-12-5-2-6-13(10-14)16(12)18-15(19)8-7-11-3-1-4-11;/h11-14,16H,1-10,17H2,(H,18,19);1H. The molecule has 20 heavy (non-hydrogen) atoms. The molecule has 0 aliphatic heterocycles. The van der Waals surface area contributed by atoms with Crippen LogP contribution >= 0.6 is 12.4 Å². The van der Waals surface area contributed by atoms with Gasteiger partial charge in [0.25, 0.3) is 0 Å². The fraction of sp³-hybridized carbons (Fsp3) is 0.938. The molecule has 2 bridgehead atoms. The van der Waals surface area contributed by atoms with Crippen LogP contribution in [0.4, 0.5) is 0 Å². The van der Waals surface area contributed by atoms with Gasteiger partial charge in [-0.25, -0.2) is 0 Å². The lowest BCUT2D eigenvalue weighted by Crippen LogP contribution is -2.53. The lowest BCUT2D eigenvalue weighted by molar-refractivity contribution is -0.123. The average Bonchev–Trinajstić information content (AvgIpc) is 2.28. The third kappa shape index (κ3) is 3.67. The van der Waals surface area contributed by atoms with E-state index in [9.17, 15) is 4.79 Å². The third-order valence-electron chi connectivity index (χ3n) is 5.71. The summed E-state index contributed by atoms with van der Waals surface area (Å²) in [4.78, 5) is 12.1. The molecule has 4 heteroatoms. The Bertz CT molecular complexity index is 318. The van der Waals surface area contributed by atoms with Gasteiger partial charge in [0, 0.05) is 18.5 Å². The molecule has 3 fully saturated rings. The van der Waals surface area contributed by atoms with Crippen molar-refractivity contribution in [3.63, 3.8) is 0 Å². The summed E-state index contributed by atoms with van der Waals surface area (Å²) in [5.41, 5.74) is 6.13. The number of fused-ring (bicyclic) bond motifs is 2. The number of carbonyl (C=O) groups excluding carboxylic acids is 1. The smallest absolute Gasteiger partial charge is 0.220 e. The summed E-state index contributed by atoms with van der Waals surface area (Å²) in [7, 11) is 0. The predicted octanol–water partition coefficient (Wildman–Crippen LogP) is 3.01. The Labute approximate surface area is 128 Å². The van der Waals surface area contributed by atoms with Crippen molar-refractivity contribution in [2.75, 3.05) is 0 Å². The highest BCUT2D eigenvalue weighted by Crippen LogP contribution is 2.39. The van der Waals surface area contributed by atoms with E-state index >= 15 is 0 Å². The lowest BCUT2D eigenvalue weighted by atomic mass is 9.67. The van der Waals surface area contributed by atoms with E-state index in [2.05, 4.69) is 5.32 Å². The van der Waals surface area contributed by atoms with E-state index < -0.39 is 0 Å². The van der Waals surface area contributed by atoms with Gasteiger partial charge in [0.2, 0.25) is 5.91 Å². The molecule has 3 nitrogen and oxygen atoms in total. The zero-order chi connectivity index (χ0) is 13.2. The van der Waals surface area contributed by atoms with Crippen molar-refractivity contribution < 1.29 is 4.79 Å². The zero-order valence-electron chi connectivity index (χ0n) is 12.4. The van der Waals surface area contributed by atoms with E-state index in [1.807, 2.05) is 0 Å². The minimum Gasteiger partial charge on any atom is -0.353 e. The number of amides is 1. The Morgan fingerprint density at radius 2 is 1.65 bits per heavy atom. The van der Waals surface area contributed by atoms with E-state index in [0.29, 0.717) is 29.8 Å². The number of hydrogen-bond acceptors (Lipinski definition) is 2. The molecule has 0 radical (unpaired) electrons. The van der Waals surface area contributed by atoms with Gasteiger partial charge in [0.15, 0.2) is 0 Å². The molecule has 0 aromatic heterocycles. The van der Waals surface area contributed by atoms with Gasteiger partial charge < -0.3 is 11.1 Å². The van der Waals surface area contributed by atoms with Gasteiger partial charge in [-0.1, -0.05) is 25.7 Å². The SMILES string of the molecule is Cl.NC1CC2CCCC(C1)C2NC(=O)CCC1CCC1. The molecule has 3 saturated carbocycles. The normalized spacial score (nSPS) is 36.6. The number of halogens is 1.